The molecular weight excluding hydrogens is 432 g/mol. The Morgan fingerprint density at radius 2 is 1.59 bits per heavy atom. The minimum Gasteiger partial charge on any atom is -0.324 e. The van der Waals surface area contributed by atoms with Crippen LogP contribution in [0.3, 0.4) is 0 Å². The van der Waals surface area contributed by atoms with E-state index >= 15 is 0 Å². The number of likely N-dealkylation sites (N-methyl/N-ethyl adjacent to an activating group) is 1. The molecule has 0 fully saturated rings. The number of nitrogens with one attached hydrogen (secondary N) is 2. The predicted molar refractivity (Wildman–Crippen MR) is 133 cm³/mol. The van der Waals surface area contributed by atoms with Crippen molar-refractivity contribution in [3.8, 4) is 0 Å². The maximum absolute atomic E-state index is 13.4. The highest BCUT2D eigenvalue weighted by atomic mass is 16.6. The van der Waals surface area contributed by atoms with Gasteiger partial charge in [0.15, 0.2) is 0 Å². The number of anilines is 2. The number of hydrogen-bond acceptors (Lipinski definition) is 5. The van der Waals surface area contributed by atoms with Gasteiger partial charge in [0.05, 0.1) is 11.5 Å². The second kappa shape index (κ2) is 10.7. The molecule has 0 radical (unpaired) electrons. The Morgan fingerprint density at radius 1 is 0.941 bits per heavy atom. The summed E-state index contributed by atoms with van der Waals surface area (Å²) in [5.74, 6) is -0.740. The first-order valence-electron chi connectivity index (χ1n) is 10.8. The number of aryl methyl sites for hydroxylation is 3. The van der Waals surface area contributed by atoms with Gasteiger partial charge in [0, 0.05) is 11.8 Å². The quantitative estimate of drug-likeness (QED) is 0.372. The highest BCUT2D eigenvalue weighted by Crippen LogP contribution is 2.28. The van der Waals surface area contributed by atoms with Gasteiger partial charge in [-0.15, -0.1) is 0 Å². The SMILES string of the molecule is Cc1ccc(NC(=O)C(c2ccccc2)N(C)CC(=O)Nc2c(C)cccc2C)c([N+](=O)[O-])c1. The molecule has 8 heteroatoms. The maximum Gasteiger partial charge on any atom is 0.293 e. The van der Waals surface area contributed by atoms with Crippen LogP contribution in [-0.4, -0.2) is 35.2 Å². The Labute approximate surface area is 198 Å². The first kappa shape index (κ1) is 24.6. The van der Waals surface area contributed by atoms with Gasteiger partial charge in [-0.25, -0.2) is 0 Å². The van der Waals surface area contributed by atoms with Gasteiger partial charge in [-0.2, -0.15) is 0 Å². The normalized spacial score (nSPS) is 11.7. The van der Waals surface area contributed by atoms with Gasteiger partial charge >= 0.3 is 0 Å². The fourth-order valence-corrected chi connectivity index (χ4v) is 3.85. The Kier molecular flexibility index (Phi) is 7.75. The van der Waals surface area contributed by atoms with Gasteiger partial charge in [-0.1, -0.05) is 54.6 Å². The third kappa shape index (κ3) is 5.85. The van der Waals surface area contributed by atoms with Gasteiger partial charge in [-0.3, -0.25) is 24.6 Å². The van der Waals surface area contributed by atoms with Gasteiger partial charge in [0.1, 0.15) is 11.7 Å². The molecule has 0 bridgehead atoms. The summed E-state index contributed by atoms with van der Waals surface area (Å²) in [7, 11) is 1.67. The molecule has 8 nitrogen and oxygen atoms in total. The second-order valence-corrected chi connectivity index (χ2v) is 8.31. The van der Waals surface area contributed by atoms with E-state index < -0.39 is 16.9 Å². The molecule has 0 aliphatic rings. The zero-order valence-electron chi connectivity index (χ0n) is 19.7. The first-order valence-corrected chi connectivity index (χ1v) is 10.8. The van der Waals surface area contributed by atoms with Crippen LogP contribution in [0, 0.1) is 30.9 Å². The number of nitro groups is 1. The van der Waals surface area contributed by atoms with Crippen molar-refractivity contribution < 1.29 is 14.5 Å². The van der Waals surface area contributed by atoms with Crippen molar-refractivity contribution >= 4 is 28.9 Å². The van der Waals surface area contributed by atoms with Crippen LogP contribution in [0.5, 0.6) is 0 Å². The van der Waals surface area contributed by atoms with E-state index in [0.29, 0.717) is 11.1 Å². The molecule has 0 saturated carbocycles. The summed E-state index contributed by atoms with van der Waals surface area (Å²) in [4.78, 5) is 38.8. The topological polar surface area (TPSA) is 105 Å². The van der Waals surface area contributed by atoms with Gasteiger partial charge < -0.3 is 10.6 Å². The molecule has 2 N–H and O–H groups in total. The van der Waals surface area contributed by atoms with Crippen molar-refractivity contribution in [3.05, 3.63) is 99.1 Å². The fourth-order valence-electron chi connectivity index (χ4n) is 3.85. The fraction of sp³-hybridized carbons (Fsp3) is 0.231. The molecule has 0 aliphatic carbocycles. The number of carbonyl (C=O) groups excluding carboxylic acids is 2. The summed E-state index contributed by atoms with van der Waals surface area (Å²) in [5, 5.41) is 17.1. The van der Waals surface area contributed by atoms with Crippen molar-refractivity contribution in [2.75, 3.05) is 24.2 Å². The third-order valence-electron chi connectivity index (χ3n) is 5.55. The third-order valence-corrected chi connectivity index (χ3v) is 5.55. The molecular formula is C26H28N4O4. The van der Waals surface area contributed by atoms with E-state index in [2.05, 4.69) is 10.6 Å². The number of rotatable bonds is 8. The first-order chi connectivity index (χ1) is 16.2. The van der Waals surface area contributed by atoms with Crippen LogP contribution in [0.15, 0.2) is 66.7 Å². The molecule has 3 aromatic rings. The van der Waals surface area contributed by atoms with E-state index in [0.717, 1.165) is 16.8 Å². The van der Waals surface area contributed by atoms with E-state index in [4.69, 9.17) is 0 Å². The summed E-state index contributed by atoms with van der Waals surface area (Å²) in [5.41, 5.74) is 3.93. The van der Waals surface area contributed by atoms with E-state index in [1.54, 1.807) is 49.2 Å². The van der Waals surface area contributed by atoms with E-state index in [1.165, 1.54) is 12.1 Å². The molecule has 2 amide bonds. The molecule has 176 valence electrons. The molecule has 1 unspecified atom stereocenters. The molecule has 0 aliphatic heterocycles. The lowest BCUT2D eigenvalue weighted by Gasteiger charge is -2.27. The van der Waals surface area contributed by atoms with Crippen LogP contribution in [0.1, 0.15) is 28.3 Å². The standard InChI is InChI=1S/C26H28N4O4/c1-17-13-14-21(22(15-17)30(33)34)27-26(32)25(20-11-6-5-7-12-20)29(4)16-23(31)28-24-18(2)9-8-10-19(24)3/h5-15,25H,16H2,1-4H3,(H,27,32)(H,28,31). The number of amides is 2. The summed E-state index contributed by atoms with van der Waals surface area (Å²) in [6.45, 7) is 5.52. The van der Waals surface area contributed by atoms with Gasteiger partial charge in [-0.05, 0) is 56.1 Å². The Bertz CT molecular complexity index is 1190. The minimum atomic E-state index is -0.842. The maximum atomic E-state index is 13.4. The largest absolute Gasteiger partial charge is 0.324 e. The zero-order valence-corrected chi connectivity index (χ0v) is 19.7. The van der Waals surface area contributed by atoms with Gasteiger partial charge in [0.25, 0.3) is 5.69 Å². The van der Waals surface area contributed by atoms with Crippen molar-refractivity contribution in [2.45, 2.75) is 26.8 Å². The second-order valence-electron chi connectivity index (χ2n) is 8.31. The average molecular weight is 461 g/mol. The highest BCUT2D eigenvalue weighted by Gasteiger charge is 2.28. The molecule has 0 saturated heterocycles. The van der Waals surface area contributed by atoms with Gasteiger partial charge in [0.2, 0.25) is 11.8 Å². The lowest BCUT2D eigenvalue weighted by molar-refractivity contribution is -0.384. The molecule has 0 heterocycles. The molecule has 3 rings (SSSR count). The van der Waals surface area contributed by atoms with Crippen LogP contribution in [0.25, 0.3) is 0 Å². The molecule has 0 spiro atoms. The van der Waals surface area contributed by atoms with E-state index in [-0.39, 0.29) is 23.8 Å². The highest BCUT2D eigenvalue weighted by molar-refractivity contribution is 5.98. The lowest BCUT2D eigenvalue weighted by Crippen LogP contribution is -2.39. The number of hydrogen-bond donors (Lipinski definition) is 2. The van der Waals surface area contributed by atoms with Crippen LogP contribution in [0.2, 0.25) is 0 Å². The van der Waals surface area contributed by atoms with Crippen molar-refractivity contribution in [2.24, 2.45) is 0 Å². The van der Waals surface area contributed by atoms with Crippen molar-refractivity contribution in [3.63, 3.8) is 0 Å². The van der Waals surface area contributed by atoms with Crippen LogP contribution >= 0.6 is 0 Å². The summed E-state index contributed by atoms with van der Waals surface area (Å²) >= 11 is 0. The predicted octanol–water partition coefficient (Wildman–Crippen LogP) is 4.77. The minimum absolute atomic E-state index is 0.0588. The molecule has 34 heavy (non-hydrogen) atoms. The average Bonchev–Trinajstić information content (AvgIpc) is 2.78. The molecule has 0 aromatic heterocycles. The van der Waals surface area contributed by atoms with Crippen LogP contribution < -0.4 is 10.6 Å². The molecule has 1 atom stereocenters. The lowest BCUT2D eigenvalue weighted by atomic mass is 10.0. The van der Waals surface area contributed by atoms with Crippen LogP contribution in [-0.2, 0) is 9.59 Å². The number of benzene rings is 3. The zero-order chi connectivity index (χ0) is 24.8. The Balaban J connectivity index is 1.84. The number of para-hydroxylation sites is 1. The van der Waals surface area contributed by atoms with E-state index in [9.17, 15) is 19.7 Å². The Morgan fingerprint density at radius 3 is 2.21 bits per heavy atom. The van der Waals surface area contributed by atoms with Crippen molar-refractivity contribution in [1.82, 2.24) is 4.90 Å². The number of nitro benzene ring substituents is 1. The number of carbonyl (C=O) groups is 2. The smallest absolute Gasteiger partial charge is 0.293 e. The van der Waals surface area contributed by atoms with Crippen molar-refractivity contribution in [1.29, 1.82) is 0 Å². The summed E-state index contributed by atoms with van der Waals surface area (Å²) < 4.78 is 0. The summed E-state index contributed by atoms with van der Waals surface area (Å²) in [6.07, 6.45) is 0. The Hall–Kier alpha value is -4.04. The number of nitrogens with zero attached hydrogens (tertiary/aromatic N) is 2. The van der Waals surface area contributed by atoms with E-state index in [1.807, 2.05) is 38.1 Å². The summed E-state index contributed by atoms with van der Waals surface area (Å²) in [6, 6.07) is 18.5. The van der Waals surface area contributed by atoms with Crippen LogP contribution in [0.4, 0.5) is 17.1 Å². The molecule has 3 aromatic carbocycles. The monoisotopic (exact) mass is 460 g/mol.